The lowest BCUT2D eigenvalue weighted by Crippen LogP contribution is -2.38. The molecule has 112 valence electrons. The van der Waals surface area contributed by atoms with E-state index in [4.69, 9.17) is 0 Å². The molecule has 0 fully saturated rings. The van der Waals surface area contributed by atoms with E-state index in [1.54, 1.807) is 45.0 Å². The van der Waals surface area contributed by atoms with Crippen molar-refractivity contribution in [1.29, 1.82) is 0 Å². The molecule has 2 rings (SSSR count). The number of benzene rings is 1. The first-order valence-electron chi connectivity index (χ1n) is 6.60. The predicted octanol–water partition coefficient (Wildman–Crippen LogP) is 1.82. The maximum absolute atomic E-state index is 13.8. The van der Waals surface area contributed by atoms with E-state index in [0.29, 0.717) is 5.69 Å². The Morgan fingerprint density at radius 1 is 1.43 bits per heavy atom. The Bertz CT molecular complexity index is 659. The number of hydrogen-bond acceptors (Lipinski definition) is 3. The first-order valence-corrected chi connectivity index (χ1v) is 6.60. The summed E-state index contributed by atoms with van der Waals surface area (Å²) in [6.45, 7) is 5.04. The third-order valence-corrected chi connectivity index (χ3v) is 2.88. The van der Waals surface area contributed by atoms with Gasteiger partial charge in [-0.1, -0.05) is 12.1 Å². The zero-order valence-corrected chi connectivity index (χ0v) is 12.2. The van der Waals surface area contributed by atoms with Crippen molar-refractivity contribution in [2.45, 2.75) is 26.4 Å². The molecule has 6 heteroatoms. The van der Waals surface area contributed by atoms with Crippen molar-refractivity contribution >= 4 is 5.91 Å². The van der Waals surface area contributed by atoms with Gasteiger partial charge in [-0.15, -0.1) is 0 Å². The number of hydrogen-bond donors (Lipinski definition) is 2. The molecule has 21 heavy (non-hydrogen) atoms. The van der Waals surface area contributed by atoms with E-state index in [-0.39, 0.29) is 17.9 Å². The van der Waals surface area contributed by atoms with E-state index in [2.05, 4.69) is 10.4 Å². The molecular weight excluding hydrogens is 273 g/mol. The molecule has 0 saturated heterocycles. The van der Waals surface area contributed by atoms with Crippen molar-refractivity contribution in [2.24, 2.45) is 0 Å². The van der Waals surface area contributed by atoms with Gasteiger partial charge < -0.3 is 10.4 Å². The lowest BCUT2D eigenvalue weighted by atomic mass is 10.1. The molecule has 5 nitrogen and oxygen atoms in total. The van der Waals surface area contributed by atoms with Crippen LogP contribution in [-0.2, 0) is 0 Å². The molecule has 0 radical (unpaired) electrons. The molecule has 1 aromatic heterocycles. The number of rotatable bonds is 4. The fourth-order valence-electron chi connectivity index (χ4n) is 1.84. The standard InChI is InChI=1S/C15H18FN3O2/c1-10-8-12(14(20)17-9-15(2,3)21)18-19(10)13-7-5-4-6-11(13)16/h4-8,21H,9H2,1-3H3,(H,17,20). The Morgan fingerprint density at radius 3 is 2.71 bits per heavy atom. The van der Waals surface area contributed by atoms with Gasteiger partial charge in [-0.2, -0.15) is 5.10 Å². The van der Waals surface area contributed by atoms with Crippen LogP contribution < -0.4 is 5.32 Å². The summed E-state index contributed by atoms with van der Waals surface area (Å²) in [5.74, 6) is -0.817. The number of nitrogens with zero attached hydrogens (tertiary/aromatic N) is 2. The van der Waals surface area contributed by atoms with Gasteiger partial charge in [0.2, 0.25) is 0 Å². The molecule has 1 amide bonds. The predicted molar refractivity (Wildman–Crippen MR) is 76.9 cm³/mol. The fraction of sp³-hybridized carbons (Fsp3) is 0.333. The van der Waals surface area contributed by atoms with Crippen LogP contribution in [0.1, 0.15) is 30.0 Å². The molecule has 1 aromatic carbocycles. The van der Waals surface area contributed by atoms with Gasteiger partial charge in [-0.05, 0) is 39.0 Å². The monoisotopic (exact) mass is 291 g/mol. The number of carbonyl (C=O) groups is 1. The second-order valence-electron chi connectivity index (χ2n) is 5.53. The van der Waals surface area contributed by atoms with Crippen LogP contribution in [0.4, 0.5) is 4.39 Å². The van der Waals surface area contributed by atoms with Crippen LogP contribution in [0.2, 0.25) is 0 Å². The molecule has 0 atom stereocenters. The summed E-state index contributed by atoms with van der Waals surface area (Å²) in [7, 11) is 0. The molecule has 2 N–H and O–H groups in total. The van der Waals surface area contributed by atoms with E-state index in [9.17, 15) is 14.3 Å². The number of amides is 1. The average molecular weight is 291 g/mol. The van der Waals surface area contributed by atoms with Gasteiger partial charge in [0.05, 0.1) is 5.60 Å². The molecule has 1 heterocycles. The summed E-state index contributed by atoms with van der Waals surface area (Å²) >= 11 is 0. The molecule has 0 saturated carbocycles. The van der Waals surface area contributed by atoms with Crippen molar-refractivity contribution in [3.05, 3.63) is 47.5 Å². The van der Waals surface area contributed by atoms with Crippen LogP contribution in [0.3, 0.4) is 0 Å². The Hall–Kier alpha value is -2.21. The highest BCUT2D eigenvalue weighted by atomic mass is 19.1. The van der Waals surface area contributed by atoms with Gasteiger partial charge in [0.1, 0.15) is 11.5 Å². The number of halogens is 1. The molecular formula is C15H18FN3O2. The Labute approximate surface area is 122 Å². The van der Waals surface area contributed by atoms with E-state index >= 15 is 0 Å². The summed E-state index contributed by atoms with van der Waals surface area (Å²) in [4.78, 5) is 12.0. The van der Waals surface area contributed by atoms with Gasteiger partial charge in [-0.25, -0.2) is 9.07 Å². The average Bonchev–Trinajstić information content (AvgIpc) is 2.78. The normalized spacial score (nSPS) is 11.5. The number of aromatic nitrogens is 2. The molecule has 0 aliphatic carbocycles. The molecule has 0 unspecified atom stereocenters. The second-order valence-corrected chi connectivity index (χ2v) is 5.53. The minimum Gasteiger partial charge on any atom is -0.389 e. The Kier molecular flexibility index (Phi) is 4.09. The number of nitrogens with one attached hydrogen (secondary N) is 1. The topological polar surface area (TPSA) is 67.2 Å². The number of aryl methyl sites for hydroxylation is 1. The highest BCUT2D eigenvalue weighted by Crippen LogP contribution is 2.15. The summed E-state index contributed by atoms with van der Waals surface area (Å²) in [5, 5.41) is 16.3. The van der Waals surface area contributed by atoms with E-state index in [1.165, 1.54) is 10.7 Å². The van der Waals surface area contributed by atoms with Crippen LogP contribution in [0, 0.1) is 12.7 Å². The molecule has 0 aliphatic heterocycles. The minimum atomic E-state index is -1.00. The zero-order valence-electron chi connectivity index (χ0n) is 12.2. The molecule has 2 aromatic rings. The van der Waals surface area contributed by atoms with E-state index in [0.717, 1.165) is 0 Å². The lowest BCUT2D eigenvalue weighted by molar-refractivity contribution is 0.0691. The maximum Gasteiger partial charge on any atom is 0.271 e. The fourth-order valence-corrected chi connectivity index (χ4v) is 1.84. The van der Waals surface area contributed by atoms with Gasteiger partial charge >= 0.3 is 0 Å². The van der Waals surface area contributed by atoms with Crippen molar-refractivity contribution in [3.63, 3.8) is 0 Å². The number of para-hydroxylation sites is 1. The number of carbonyl (C=O) groups excluding carboxylic acids is 1. The Morgan fingerprint density at radius 2 is 2.10 bits per heavy atom. The number of aliphatic hydroxyl groups is 1. The van der Waals surface area contributed by atoms with Crippen molar-refractivity contribution in [1.82, 2.24) is 15.1 Å². The molecule has 0 bridgehead atoms. The van der Waals surface area contributed by atoms with Gasteiger partial charge in [0.15, 0.2) is 5.69 Å². The quantitative estimate of drug-likeness (QED) is 0.903. The highest BCUT2D eigenvalue weighted by molar-refractivity contribution is 5.92. The van der Waals surface area contributed by atoms with Gasteiger partial charge in [0.25, 0.3) is 5.91 Å². The minimum absolute atomic E-state index is 0.109. The van der Waals surface area contributed by atoms with E-state index in [1.807, 2.05) is 0 Å². The summed E-state index contributed by atoms with van der Waals surface area (Å²) in [5.41, 5.74) is 0.115. The van der Waals surface area contributed by atoms with Gasteiger partial charge in [-0.3, -0.25) is 4.79 Å². The van der Waals surface area contributed by atoms with Crippen molar-refractivity contribution < 1.29 is 14.3 Å². The SMILES string of the molecule is Cc1cc(C(=O)NCC(C)(C)O)nn1-c1ccccc1F. The second kappa shape index (κ2) is 5.65. The first kappa shape index (κ1) is 15.2. The summed E-state index contributed by atoms with van der Waals surface area (Å²) < 4.78 is 15.2. The van der Waals surface area contributed by atoms with Crippen molar-refractivity contribution in [2.75, 3.05) is 6.54 Å². The van der Waals surface area contributed by atoms with Crippen LogP contribution in [0.25, 0.3) is 5.69 Å². The molecule has 0 spiro atoms. The zero-order chi connectivity index (χ0) is 15.6. The smallest absolute Gasteiger partial charge is 0.271 e. The highest BCUT2D eigenvalue weighted by Gasteiger charge is 2.18. The Balaban J connectivity index is 2.24. The maximum atomic E-state index is 13.8. The third-order valence-electron chi connectivity index (χ3n) is 2.88. The summed E-state index contributed by atoms with van der Waals surface area (Å²) in [6.07, 6.45) is 0. The lowest BCUT2D eigenvalue weighted by Gasteiger charge is -2.16. The summed E-state index contributed by atoms with van der Waals surface area (Å²) in [6, 6.07) is 7.80. The van der Waals surface area contributed by atoms with Crippen LogP contribution in [0.15, 0.2) is 30.3 Å². The van der Waals surface area contributed by atoms with Crippen molar-refractivity contribution in [3.8, 4) is 5.69 Å². The van der Waals surface area contributed by atoms with E-state index < -0.39 is 17.3 Å². The van der Waals surface area contributed by atoms with Crippen LogP contribution in [0.5, 0.6) is 0 Å². The van der Waals surface area contributed by atoms with Gasteiger partial charge in [0, 0.05) is 12.2 Å². The largest absolute Gasteiger partial charge is 0.389 e. The molecule has 0 aliphatic rings. The van der Waals surface area contributed by atoms with Crippen LogP contribution >= 0.6 is 0 Å². The third kappa shape index (κ3) is 3.66. The first-order chi connectivity index (χ1) is 9.78. The van der Waals surface area contributed by atoms with Crippen LogP contribution in [-0.4, -0.2) is 32.9 Å².